The van der Waals surface area contributed by atoms with Gasteiger partial charge in [0.05, 0.1) is 5.75 Å². The van der Waals surface area contributed by atoms with Crippen LogP contribution in [0.4, 0.5) is 5.69 Å². The summed E-state index contributed by atoms with van der Waals surface area (Å²) >= 11 is 0. The molecule has 0 saturated carbocycles. The fraction of sp³-hybridized carbons (Fsp3) is 0.250. The SMILES string of the molecule is CC(C)(C)c1ccc(/C=C/C(=O)Nc2cccc(CS(N)(=O)=O)c2)cc1. The van der Waals surface area contributed by atoms with Crippen LogP contribution in [0.1, 0.15) is 37.5 Å². The fourth-order valence-corrected chi connectivity index (χ4v) is 3.07. The Morgan fingerprint density at radius 1 is 1.12 bits per heavy atom. The topological polar surface area (TPSA) is 89.3 Å². The number of anilines is 1. The number of benzene rings is 2. The Hall–Kier alpha value is -2.44. The lowest BCUT2D eigenvalue weighted by Crippen LogP contribution is -2.15. The number of amides is 1. The Labute approximate surface area is 155 Å². The van der Waals surface area contributed by atoms with Crippen molar-refractivity contribution in [2.45, 2.75) is 31.9 Å². The highest BCUT2D eigenvalue weighted by Crippen LogP contribution is 2.22. The van der Waals surface area contributed by atoms with Crippen LogP contribution < -0.4 is 10.5 Å². The predicted molar refractivity (Wildman–Crippen MR) is 106 cm³/mol. The largest absolute Gasteiger partial charge is 0.323 e. The molecule has 1 amide bonds. The van der Waals surface area contributed by atoms with Crippen molar-refractivity contribution in [1.29, 1.82) is 0 Å². The van der Waals surface area contributed by atoms with Gasteiger partial charge in [-0.05, 0) is 40.3 Å². The molecule has 3 N–H and O–H groups in total. The summed E-state index contributed by atoms with van der Waals surface area (Å²) in [5.41, 5.74) is 3.28. The van der Waals surface area contributed by atoms with Gasteiger partial charge in [0.25, 0.3) is 0 Å². The minimum atomic E-state index is -3.61. The van der Waals surface area contributed by atoms with Crippen LogP contribution in [-0.4, -0.2) is 14.3 Å². The van der Waals surface area contributed by atoms with Gasteiger partial charge < -0.3 is 5.32 Å². The molecule has 6 heteroatoms. The summed E-state index contributed by atoms with van der Waals surface area (Å²) in [7, 11) is -3.61. The highest BCUT2D eigenvalue weighted by molar-refractivity contribution is 7.88. The zero-order chi connectivity index (χ0) is 19.4. The van der Waals surface area contributed by atoms with Crippen LogP contribution in [0.3, 0.4) is 0 Å². The van der Waals surface area contributed by atoms with Gasteiger partial charge in [0.1, 0.15) is 0 Å². The van der Waals surface area contributed by atoms with Crippen molar-refractivity contribution in [3.05, 3.63) is 71.3 Å². The van der Waals surface area contributed by atoms with Crippen molar-refractivity contribution >= 4 is 27.7 Å². The quantitative estimate of drug-likeness (QED) is 0.788. The third-order valence-corrected chi connectivity index (χ3v) is 4.50. The Morgan fingerprint density at radius 2 is 1.77 bits per heavy atom. The molecule has 0 saturated heterocycles. The van der Waals surface area contributed by atoms with E-state index in [0.717, 1.165) is 5.56 Å². The number of hydrogen-bond donors (Lipinski definition) is 2. The van der Waals surface area contributed by atoms with Gasteiger partial charge in [-0.15, -0.1) is 0 Å². The summed E-state index contributed by atoms with van der Waals surface area (Å²) in [5.74, 6) is -0.565. The van der Waals surface area contributed by atoms with E-state index in [9.17, 15) is 13.2 Å². The van der Waals surface area contributed by atoms with Crippen LogP contribution in [0.2, 0.25) is 0 Å². The number of sulfonamides is 1. The van der Waals surface area contributed by atoms with Crippen molar-refractivity contribution in [2.24, 2.45) is 5.14 Å². The average Bonchev–Trinajstić information content (AvgIpc) is 2.51. The highest BCUT2D eigenvalue weighted by atomic mass is 32.2. The third kappa shape index (κ3) is 6.46. The van der Waals surface area contributed by atoms with E-state index in [1.165, 1.54) is 11.6 Å². The molecule has 0 aliphatic heterocycles. The first-order valence-electron chi connectivity index (χ1n) is 8.22. The van der Waals surface area contributed by atoms with Crippen molar-refractivity contribution in [2.75, 3.05) is 5.32 Å². The molecule has 0 heterocycles. The number of rotatable bonds is 5. The van der Waals surface area contributed by atoms with Crippen molar-refractivity contribution in [3.8, 4) is 0 Å². The first-order chi connectivity index (χ1) is 12.0. The lowest BCUT2D eigenvalue weighted by atomic mass is 9.87. The van der Waals surface area contributed by atoms with Gasteiger partial charge in [-0.1, -0.05) is 57.2 Å². The normalized spacial score (nSPS) is 12.3. The monoisotopic (exact) mass is 372 g/mol. The van der Waals surface area contributed by atoms with Crippen molar-refractivity contribution in [1.82, 2.24) is 0 Å². The second-order valence-electron chi connectivity index (χ2n) is 7.20. The second kappa shape index (κ2) is 7.85. The Morgan fingerprint density at radius 3 is 2.35 bits per heavy atom. The van der Waals surface area contributed by atoms with Gasteiger partial charge in [0, 0.05) is 11.8 Å². The molecule has 5 nitrogen and oxygen atoms in total. The average molecular weight is 372 g/mol. The molecule has 0 aromatic heterocycles. The van der Waals surface area contributed by atoms with Gasteiger partial charge >= 0.3 is 0 Å². The molecule has 26 heavy (non-hydrogen) atoms. The highest BCUT2D eigenvalue weighted by Gasteiger charge is 2.12. The van der Waals surface area contributed by atoms with Gasteiger partial charge in [0.2, 0.25) is 15.9 Å². The van der Waals surface area contributed by atoms with E-state index < -0.39 is 10.0 Å². The molecule has 0 aliphatic rings. The number of nitrogens with two attached hydrogens (primary N) is 1. The smallest absolute Gasteiger partial charge is 0.248 e. The molecule has 0 atom stereocenters. The Bertz CT molecular complexity index is 909. The van der Waals surface area contributed by atoms with Gasteiger partial charge in [-0.25, -0.2) is 13.6 Å². The van der Waals surface area contributed by atoms with E-state index in [-0.39, 0.29) is 17.1 Å². The van der Waals surface area contributed by atoms with Crippen LogP contribution >= 0.6 is 0 Å². The van der Waals surface area contributed by atoms with Gasteiger partial charge in [-0.2, -0.15) is 0 Å². The van der Waals surface area contributed by atoms with E-state index in [1.807, 2.05) is 24.3 Å². The van der Waals surface area contributed by atoms with Crippen molar-refractivity contribution in [3.63, 3.8) is 0 Å². The maximum atomic E-state index is 12.1. The summed E-state index contributed by atoms with van der Waals surface area (Å²) in [6.45, 7) is 6.44. The lowest BCUT2D eigenvalue weighted by Gasteiger charge is -2.18. The van der Waals surface area contributed by atoms with Gasteiger partial charge in [0.15, 0.2) is 0 Å². The van der Waals surface area contributed by atoms with Gasteiger partial charge in [-0.3, -0.25) is 4.79 Å². The summed E-state index contributed by atoms with van der Waals surface area (Å²) in [6.07, 6.45) is 3.18. The fourth-order valence-electron chi connectivity index (χ4n) is 2.42. The van der Waals surface area contributed by atoms with Crippen LogP contribution in [0, 0.1) is 0 Å². The molecule has 2 rings (SSSR count). The number of carbonyl (C=O) groups is 1. The molecule has 2 aromatic carbocycles. The molecule has 0 radical (unpaired) electrons. The maximum absolute atomic E-state index is 12.1. The number of hydrogen-bond acceptors (Lipinski definition) is 3. The van der Waals surface area contributed by atoms with Crippen LogP contribution in [0.5, 0.6) is 0 Å². The zero-order valence-electron chi connectivity index (χ0n) is 15.2. The predicted octanol–water partition coefficient (Wildman–Crippen LogP) is 3.42. The molecule has 2 aromatic rings. The number of carbonyl (C=O) groups excluding carboxylic acids is 1. The van der Waals surface area contributed by atoms with E-state index in [1.54, 1.807) is 30.3 Å². The van der Waals surface area contributed by atoms with E-state index >= 15 is 0 Å². The first kappa shape index (κ1) is 19.9. The summed E-state index contributed by atoms with van der Waals surface area (Å²) in [6, 6.07) is 14.6. The minimum absolute atomic E-state index is 0.0850. The first-order valence-corrected chi connectivity index (χ1v) is 9.93. The lowest BCUT2D eigenvalue weighted by molar-refractivity contribution is -0.111. The van der Waals surface area contributed by atoms with Crippen LogP contribution in [0.15, 0.2) is 54.6 Å². The second-order valence-corrected chi connectivity index (χ2v) is 8.82. The molecule has 0 spiro atoms. The molecule has 138 valence electrons. The third-order valence-electron chi connectivity index (χ3n) is 3.77. The van der Waals surface area contributed by atoms with Crippen LogP contribution in [0.25, 0.3) is 6.08 Å². The minimum Gasteiger partial charge on any atom is -0.323 e. The summed E-state index contributed by atoms with van der Waals surface area (Å²) < 4.78 is 22.3. The molecule has 0 bridgehead atoms. The zero-order valence-corrected chi connectivity index (χ0v) is 16.0. The Kier molecular flexibility index (Phi) is 6.00. The molecule has 0 unspecified atom stereocenters. The van der Waals surface area contributed by atoms with E-state index in [2.05, 4.69) is 26.1 Å². The molecular formula is C20H24N2O3S. The van der Waals surface area contributed by atoms with Crippen molar-refractivity contribution < 1.29 is 13.2 Å². The maximum Gasteiger partial charge on any atom is 0.248 e. The molecular weight excluding hydrogens is 348 g/mol. The molecule has 0 fully saturated rings. The number of nitrogens with one attached hydrogen (secondary N) is 1. The number of primary sulfonamides is 1. The molecule has 0 aliphatic carbocycles. The Balaban J connectivity index is 2.02. The van der Waals surface area contributed by atoms with E-state index in [0.29, 0.717) is 11.3 Å². The van der Waals surface area contributed by atoms with Crippen LogP contribution in [-0.2, 0) is 26.0 Å². The summed E-state index contributed by atoms with van der Waals surface area (Å²) in [4.78, 5) is 12.1. The standard InChI is InChI=1S/C20H24N2O3S/c1-20(2,3)17-10-7-15(8-11-17)9-12-19(23)22-18-6-4-5-16(13-18)14-26(21,24)25/h4-13H,14H2,1-3H3,(H,22,23)(H2,21,24,25)/b12-9+. The summed E-state index contributed by atoms with van der Waals surface area (Å²) in [5, 5.41) is 7.75. The van der Waals surface area contributed by atoms with E-state index in [4.69, 9.17) is 5.14 Å².